The highest BCUT2D eigenvalue weighted by atomic mass is 79.9. The van der Waals surface area contributed by atoms with Gasteiger partial charge in [-0.15, -0.1) is 6.58 Å². The Morgan fingerprint density at radius 1 is 1.16 bits per heavy atom. The lowest BCUT2D eigenvalue weighted by atomic mass is 10.1. The van der Waals surface area contributed by atoms with E-state index in [1.54, 1.807) is 13.2 Å². The van der Waals surface area contributed by atoms with E-state index in [1.165, 1.54) is 5.56 Å². The van der Waals surface area contributed by atoms with Crippen molar-refractivity contribution in [3.63, 3.8) is 0 Å². The Kier molecular flexibility index (Phi) is 7.74. The third-order valence-corrected chi connectivity index (χ3v) is 4.68. The van der Waals surface area contributed by atoms with Gasteiger partial charge in [0.1, 0.15) is 5.75 Å². The molecular formula is C21H24BrNO2. The number of nitrogens with zero attached hydrogens (tertiary/aromatic N) is 1. The number of hydrogen-bond donors (Lipinski definition) is 0. The Hall–Kier alpha value is -2.07. The first-order chi connectivity index (χ1) is 12.1. The van der Waals surface area contributed by atoms with Crippen LogP contribution in [0.15, 0.2) is 65.7 Å². The van der Waals surface area contributed by atoms with Gasteiger partial charge in [-0.3, -0.25) is 4.79 Å². The van der Waals surface area contributed by atoms with Crippen LogP contribution >= 0.6 is 15.9 Å². The zero-order valence-corrected chi connectivity index (χ0v) is 16.2. The van der Waals surface area contributed by atoms with Crippen molar-refractivity contribution >= 4 is 21.8 Å². The van der Waals surface area contributed by atoms with Crippen molar-refractivity contribution in [2.75, 3.05) is 20.2 Å². The Balaban J connectivity index is 1.91. The summed E-state index contributed by atoms with van der Waals surface area (Å²) in [5.74, 6) is 0.953. The van der Waals surface area contributed by atoms with Crippen LogP contribution in [-0.4, -0.2) is 31.0 Å². The van der Waals surface area contributed by atoms with E-state index in [0.29, 0.717) is 25.9 Å². The molecule has 4 heteroatoms. The van der Waals surface area contributed by atoms with Crippen molar-refractivity contribution in [3.05, 3.63) is 76.8 Å². The van der Waals surface area contributed by atoms with Crippen LogP contribution in [0.4, 0.5) is 0 Å². The summed E-state index contributed by atoms with van der Waals surface area (Å²) in [5.41, 5.74) is 2.35. The summed E-state index contributed by atoms with van der Waals surface area (Å²) in [6.07, 6.45) is 3.84. The first kappa shape index (κ1) is 19.3. The summed E-state index contributed by atoms with van der Waals surface area (Å²) in [4.78, 5) is 14.5. The van der Waals surface area contributed by atoms with Crippen LogP contribution in [0.25, 0.3) is 0 Å². The Labute approximate surface area is 158 Å². The highest BCUT2D eigenvalue weighted by Gasteiger charge is 2.12. The number of hydrogen-bond acceptors (Lipinski definition) is 2. The normalized spacial score (nSPS) is 10.3. The molecule has 3 nitrogen and oxygen atoms in total. The van der Waals surface area contributed by atoms with Crippen molar-refractivity contribution < 1.29 is 9.53 Å². The molecule has 2 rings (SSSR count). The third-order valence-electron chi connectivity index (χ3n) is 4.06. The number of amides is 1. The van der Waals surface area contributed by atoms with Crippen molar-refractivity contribution in [1.82, 2.24) is 4.90 Å². The highest BCUT2D eigenvalue weighted by Crippen LogP contribution is 2.26. The zero-order valence-electron chi connectivity index (χ0n) is 14.6. The summed E-state index contributed by atoms with van der Waals surface area (Å²) < 4.78 is 6.15. The van der Waals surface area contributed by atoms with Gasteiger partial charge >= 0.3 is 0 Å². The van der Waals surface area contributed by atoms with Gasteiger partial charge < -0.3 is 9.64 Å². The van der Waals surface area contributed by atoms with Crippen molar-refractivity contribution in [3.8, 4) is 5.75 Å². The SMILES string of the molecule is C=CCN(CCc1ccccc1)C(=O)CCc1ccc(OC)c(Br)c1. The predicted molar refractivity (Wildman–Crippen MR) is 106 cm³/mol. The van der Waals surface area contributed by atoms with Crippen molar-refractivity contribution in [2.45, 2.75) is 19.3 Å². The number of carbonyl (C=O) groups excluding carboxylic acids is 1. The second kappa shape index (κ2) is 10.0. The van der Waals surface area contributed by atoms with Crippen LogP contribution in [0.1, 0.15) is 17.5 Å². The summed E-state index contributed by atoms with van der Waals surface area (Å²) in [7, 11) is 1.64. The molecular weight excluding hydrogens is 378 g/mol. The molecule has 1 amide bonds. The molecule has 0 saturated heterocycles. The molecule has 132 valence electrons. The van der Waals surface area contributed by atoms with Crippen LogP contribution in [0.3, 0.4) is 0 Å². The minimum atomic E-state index is 0.155. The maximum absolute atomic E-state index is 12.6. The van der Waals surface area contributed by atoms with E-state index in [1.807, 2.05) is 41.3 Å². The lowest BCUT2D eigenvalue weighted by Gasteiger charge is -2.21. The largest absolute Gasteiger partial charge is 0.496 e. The zero-order chi connectivity index (χ0) is 18.1. The topological polar surface area (TPSA) is 29.5 Å². The lowest BCUT2D eigenvalue weighted by Crippen LogP contribution is -2.33. The molecule has 0 bridgehead atoms. The molecule has 2 aromatic rings. The molecule has 0 atom stereocenters. The fourth-order valence-electron chi connectivity index (χ4n) is 2.66. The fourth-order valence-corrected chi connectivity index (χ4v) is 3.25. The number of rotatable bonds is 9. The van der Waals surface area contributed by atoms with E-state index in [9.17, 15) is 4.79 Å². The van der Waals surface area contributed by atoms with Crippen molar-refractivity contribution in [1.29, 1.82) is 0 Å². The number of aryl methyl sites for hydroxylation is 1. The number of benzene rings is 2. The molecule has 0 spiro atoms. The van der Waals surface area contributed by atoms with Gasteiger partial charge in [0.05, 0.1) is 11.6 Å². The average molecular weight is 402 g/mol. The maximum Gasteiger partial charge on any atom is 0.223 e. The molecule has 0 radical (unpaired) electrons. The minimum Gasteiger partial charge on any atom is -0.496 e. The molecule has 0 aromatic heterocycles. The van der Waals surface area contributed by atoms with Crippen LogP contribution in [0.2, 0.25) is 0 Å². The van der Waals surface area contributed by atoms with E-state index < -0.39 is 0 Å². The Morgan fingerprint density at radius 2 is 1.92 bits per heavy atom. The first-order valence-electron chi connectivity index (χ1n) is 8.39. The number of ether oxygens (including phenoxy) is 1. The fraction of sp³-hybridized carbons (Fsp3) is 0.286. The molecule has 0 saturated carbocycles. The number of halogens is 1. The van der Waals surface area contributed by atoms with Gasteiger partial charge in [-0.25, -0.2) is 0 Å². The second-order valence-corrected chi connectivity index (χ2v) is 6.69. The molecule has 0 unspecified atom stereocenters. The number of carbonyl (C=O) groups is 1. The van der Waals surface area contributed by atoms with Crippen LogP contribution in [0, 0.1) is 0 Å². The summed E-state index contributed by atoms with van der Waals surface area (Å²) >= 11 is 3.49. The van der Waals surface area contributed by atoms with E-state index in [4.69, 9.17) is 4.74 Å². The van der Waals surface area contributed by atoms with E-state index in [0.717, 1.165) is 22.2 Å². The molecule has 0 heterocycles. The molecule has 25 heavy (non-hydrogen) atoms. The van der Waals surface area contributed by atoms with Crippen LogP contribution in [-0.2, 0) is 17.6 Å². The second-order valence-electron chi connectivity index (χ2n) is 5.83. The van der Waals surface area contributed by atoms with Crippen LogP contribution < -0.4 is 4.74 Å². The standard InChI is InChI=1S/C21H24BrNO2/c1-3-14-23(15-13-17-7-5-4-6-8-17)21(24)12-10-18-9-11-20(25-2)19(22)16-18/h3-9,11,16H,1,10,12-15H2,2H3. The Bertz CT molecular complexity index is 700. The summed E-state index contributed by atoms with van der Waals surface area (Å²) in [6, 6.07) is 16.2. The van der Waals surface area contributed by atoms with Gasteiger partial charge in [0.25, 0.3) is 0 Å². The lowest BCUT2D eigenvalue weighted by molar-refractivity contribution is -0.130. The molecule has 2 aromatic carbocycles. The maximum atomic E-state index is 12.6. The summed E-state index contributed by atoms with van der Waals surface area (Å²) in [5, 5.41) is 0. The molecule has 0 aliphatic rings. The summed E-state index contributed by atoms with van der Waals surface area (Å²) in [6.45, 7) is 5.06. The smallest absolute Gasteiger partial charge is 0.223 e. The molecule has 0 aliphatic carbocycles. The van der Waals surface area contributed by atoms with Gasteiger partial charge in [-0.1, -0.05) is 42.5 Å². The molecule has 0 aliphatic heterocycles. The quantitative estimate of drug-likeness (QED) is 0.572. The number of methoxy groups -OCH3 is 1. The van der Waals surface area contributed by atoms with E-state index >= 15 is 0 Å². The van der Waals surface area contributed by atoms with Crippen molar-refractivity contribution in [2.24, 2.45) is 0 Å². The van der Waals surface area contributed by atoms with Gasteiger partial charge in [0.15, 0.2) is 0 Å². The van der Waals surface area contributed by atoms with E-state index in [2.05, 4.69) is 34.6 Å². The molecule has 0 N–H and O–H groups in total. The van der Waals surface area contributed by atoms with Gasteiger partial charge in [-0.2, -0.15) is 0 Å². The van der Waals surface area contributed by atoms with Gasteiger partial charge in [0.2, 0.25) is 5.91 Å². The first-order valence-corrected chi connectivity index (χ1v) is 9.18. The van der Waals surface area contributed by atoms with E-state index in [-0.39, 0.29) is 5.91 Å². The van der Waals surface area contributed by atoms with Gasteiger partial charge in [-0.05, 0) is 52.0 Å². The third kappa shape index (κ3) is 6.05. The van der Waals surface area contributed by atoms with Gasteiger partial charge in [0, 0.05) is 19.5 Å². The minimum absolute atomic E-state index is 0.155. The predicted octanol–water partition coefficient (Wildman–Crippen LogP) is 4.65. The average Bonchev–Trinajstić information content (AvgIpc) is 2.64. The molecule has 0 fully saturated rings. The Morgan fingerprint density at radius 3 is 2.56 bits per heavy atom. The monoisotopic (exact) mass is 401 g/mol. The van der Waals surface area contributed by atoms with Crippen LogP contribution in [0.5, 0.6) is 5.75 Å². The highest BCUT2D eigenvalue weighted by molar-refractivity contribution is 9.10.